The van der Waals surface area contributed by atoms with Crippen LogP contribution in [0.3, 0.4) is 0 Å². The number of aryl methyl sites for hydroxylation is 1. The summed E-state index contributed by atoms with van der Waals surface area (Å²) in [7, 11) is 5.10. The number of ether oxygens (including phenoxy) is 2. The van der Waals surface area contributed by atoms with E-state index in [1.54, 1.807) is 14.2 Å². The highest BCUT2D eigenvalue weighted by Gasteiger charge is 2.06. The molecule has 1 aromatic heterocycles. The van der Waals surface area contributed by atoms with Crippen molar-refractivity contribution in [2.24, 2.45) is 0 Å². The van der Waals surface area contributed by atoms with Gasteiger partial charge in [0, 0.05) is 25.9 Å². The number of rotatable bonds is 6. The molecule has 0 saturated heterocycles. The predicted octanol–water partition coefficient (Wildman–Crippen LogP) is 2.73. The van der Waals surface area contributed by atoms with E-state index in [9.17, 15) is 0 Å². The van der Waals surface area contributed by atoms with Crippen LogP contribution in [0.2, 0.25) is 0 Å². The molecular weight excluding hydrogens is 268 g/mol. The number of nitrogens with zero attached hydrogens (tertiary/aromatic N) is 2. The van der Waals surface area contributed by atoms with Crippen molar-refractivity contribution in [1.82, 2.24) is 9.97 Å². The Morgan fingerprint density at radius 3 is 2.48 bits per heavy atom. The first-order chi connectivity index (χ1) is 10.2. The van der Waals surface area contributed by atoms with Crippen LogP contribution in [0.25, 0.3) is 0 Å². The maximum Gasteiger partial charge on any atom is 0.158 e. The average molecular weight is 288 g/mol. The first-order valence-electron chi connectivity index (χ1n) is 6.62. The molecule has 2 N–H and O–H groups in total. The minimum atomic E-state index is 0.367. The number of benzene rings is 1. The van der Waals surface area contributed by atoms with Gasteiger partial charge in [-0.25, -0.2) is 9.97 Å². The van der Waals surface area contributed by atoms with Crippen LogP contribution in [0.1, 0.15) is 11.4 Å². The fourth-order valence-electron chi connectivity index (χ4n) is 1.92. The van der Waals surface area contributed by atoms with Crippen LogP contribution in [0, 0.1) is 6.92 Å². The minimum Gasteiger partial charge on any atom is -0.497 e. The summed E-state index contributed by atoms with van der Waals surface area (Å²) in [6.07, 6.45) is 0. The molecule has 0 radical (unpaired) electrons. The van der Waals surface area contributed by atoms with E-state index in [0.717, 1.165) is 28.6 Å². The quantitative estimate of drug-likeness (QED) is 0.852. The van der Waals surface area contributed by atoms with E-state index >= 15 is 0 Å². The van der Waals surface area contributed by atoms with Crippen molar-refractivity contribution in [1.29, 1.82) is 0 Å². The Bertz CT molecular complexity index is 617. The average Bonchev–Trinajstić information content (AvgIpc) is 2.49. The number of aromatic nitrogens is 2. The molecule has 0 fully saturated rings. The monoisotopic (exact) mass is 288 g/mol. The Labute approximate surface area is 124 Å². The molecule has 112 valence electrons. The molecule has 6 nitrogen and oxygen atoms in total. The largest absolute Gasteiger partial charge is 0.497 e. The zero-order valence-corrected chi connectivity index (χ0v) is 12.7. The van der Waals surface area contributed by atoms with E-state index in [1.807, 2.05) is 38.2 Å². The van der Waals surface area contributed by atoms with E-state index in [4.69, 9.17) is 9.47 Å². The summed E-state index contributed by atoms with van der Waals surface area (Å²) in [5.74, 6) is 2.91. The Hall–Kier alpha value is -2.34. The molecule has 0 aliphatic heterocycles. The van der Waals surface area contributed by atoms with Gasteiger partial charge in [0.15, 0.2) is 5.82 Å². The second-order valence-electron chi connectivity index (χ2n) is 4.54. The summed E-state index contributed by atoms with van der Waals surface area (Å²) >= 11 is 0. The van der Waals surface area contributed by atoms with Crippen LogP contribution in [0.5, 0.6) is 5.75 Å². The Morgan fingerprint density at radius 1 is 1.10 bits per heavy atom. The van der Waals surface area contributed by atoms with Gasteiger partial charge in [0.2, 0.25) is 0 Å². The molecule has 0 spiro atoms. The number of anilines is 3. The topological polar surface area (TPSA) is 68.3 Å². The van der Waals surface area contributed by atoms with Gasteiger partial charge in [0.25, 0.3) is 0 Å². The molecule has 1 heterocycles. The highest BCUT2D eigenvalue weighted by molar-refractivity contribution is 5.63. The van der Waals surface area contributed by atoms with Gasteiger partial charge in [-0.2, -0.15) is 0 Å². The molecule has 1 aromatic carbocycles. The summed E-state index contributed by atoms with van der Waals surface area (Å²) < 4.78 is 10.3. The van der Waals surface area contributed by atoms with E-state index in [1.165, 1.54) is 0 Å². The lowest BCUT2D eigenvalue weighted by Crippen LogP contribution is -2.05. The fourth-order valence-corrected chi connectivity index (χ4v) is 1.92. The second-order valence-corrected chi connectivity index (χ2v) is 4.54. The van der Waals surface area contributed by atoms with Crippen molar-refractivity contribution in [2.45, 2.75) is 13.5 Å². The molecule has 0 saturated carbocycles. The molecular formula is C15H20N4O2. The van der Waals surface area contributed by atoms with Gasteiger partial charge in [-0.15, -0.1) is 0 Å². The first kappa shape index (κ1) is 15.1. The maximum absolute atomic E-state index is 5.21. The number of nitrogens with one attached hydrogen (secondary N) is 2. The summed E-state index contributed by atoms with van der Waals surface area (Å²) in [6, 6.07) is 7.69. The molecule has 0 unspecified atom stereocenters. The highest BCUT2D eigenvalue weighted by atomic mass is 16.5. The van der Waals surface area contributed by atoms with Gasteiger partial charge >= 0.3 is 0 Å². The van der Waals surface area contributed by atoms with Gasteiger partial charge in [-0.05, 0) is 30.7 Å². The third kappa shape index (κ3) is 3.82. The minimum absolute atomic E-state index is 0.367. The lowest BCUT2D eigenvalue weighted by Gasteiger charge is -2.12. The van der Waals surface area contributed by atoms with Crippen LogP contribution in [0.15, 0.2) is 24.3 Å². The van der Waals surface area contributed by atoms with Crippen molar-refractivity contribution < 1.29 is 9.47 Å². The second kappa shape index (κ2) is 6.90. The predicted molar refractivity (Wildman–Crippen MR) is 83.3 cm³/mol. The smallest absolute Gasteiger partial charge is 0.158 e. The van der Waals surface area contributed by atoms with Crippen LogP contribution < -0.4 is 15.4 Å². The van der Waals surface area contributed by atoms with Crippen molar-refractivity contribution in [2.75, 3.05) is 31.9 Å². The maximum atomic E-state index is 5.21. The van der Waals surface area contributed by atoms with Gasteiger partial charge in [0.1, 0.15) is 24.0 Å². The Balaban J connectivity index is 2.27. The summed E-state index contributed by atoms with van der Waals surface area (Å²) in [5.41, 5.74) is 2.05. The van der Waals surface area contributed by atoms with E-state index in [-0.39, 0.29) is 0 Å². The fraction of sp³-hybridized carbons (Fsp3) is 0.333. The van der Waals surface area contributed by atoms with Crippen LogP contribution in [-0.4, -0.2) is 31.2 Å². The van der Waals surface area contributed by atoms with Crippen molar-refractivity contribution >= 4 is 17.3 Å². The number of hydrogen-bond acceptors (Lipinski definition) is 6. The van der Waals surface area contributed by atoms with Crippen LogP contribution in [0.4, 0.5) is 17.3 Å². The third-order valence-electron chi connectivity index (χ3n) is 3.00. The van der Waals surface area contributed by atoms with Crippen molar-refractivity contribution in [3.63, 3.8) is 0 Å². The SMILES string of the molecule is CNc1cc(Nc2ccc(OC)cc2C)nc(COC)n1. The number of hydrogen-bond donors (Lipinski definition) is 2. The summed E-state index contributed by atoms with van der Waals surface area (Å²) in [4.78, 5) is 8.76. The van der Waals surface area contributed by atoms with Crippen LogP contribution >= 0.6 is 0 Å². The van der Waals surface area contributed by atoms with Gasteiger partial charge in [-0.3, -0.25) is 0 Å². The van der Waals surface area contributed by atoms with Crippen LogP contribution in [-0.2, 0) is 11.3 Å². The van der Waals surface area contributed by atoms with E-state index < -0.39 is 0 Å². The number of methoxy groups -OCH3 is 2. The molecule has 0 atom stereocenters. The first-order valence-corrected chi connectivity index (χ1v) is 6.62. The standard InChI is InChI=1S/C15H20N4O2/c1-10-7-11(21-4)5-6-12(10)17-14-8-13(16-2)18-15(19-14)9-20-3/h5-8H,9H2,1-4H3,(H2,16,17,18,19). The lowest BCUT2D eigenvalue weighted by atomic mass is 10.2. The molecule has 2 rings (SSSR count). The third-order valence-corrected chi connectivity index (χ3v) is 3.00. The lowest BCUT2D eigenvalue weighted by molar-refractivity contribution is 0.178. The zero-order valence-electron chi connectivity index (χ0n) is 12.7. The molecule has 0 aliphatic rings. The normalized spacial score (nSPS) is 10.3. The van der Waals surface area contributed by atoms with Crippen molar-refractivity contribution in [3.8, 4) is 5.75 Å². The molecule has 6 heteroatoms. The van der Waals surface area contributed by atoms with Gasteiger partial charge < -0.3 is 20.1 Å². The van der Waals surface area contributed by atoms with Crippen molar-refractivity contribution in [3.05, 3.63) is 35.7 Å². The molecule has 0 bridgehead atoms. The molecule has 0 aliphatic carbocycles. The molecule has 0 amide bonds. The molecule has 2 aromatic rings. The summed E-state index contributed by atoms with van der Waals surface area (Å²) in [6.45, 7) is 2.38. The molecule has 21 heavy (non-hydrogen) atoms. The van der Waals surface area contributed by atoms with E-state index in [2.05, 4.69) is 20.6 Å². The van der Waals surface area contributed by atoms with Gasteiger partial charge in [0.05, 0.1) is 7.11 Å². The summed E-state index contributed by atoms with van der Waals surface area (Å²) in [5, 5.41) is 6.31. The Morgan fingerprint density at radius 2 is 1.86 bits per heavy atom. The van der Waals surface area contributed by atoms with Gasteiger partial charge in [-0.1, -0.05) is 0 Å². The zero-order chi connectivity index (χ0) is 15.2. The van der Waals surface area contributed by atoms with E-state index in [0.29, 0.717) is 12.4 Å². The Kier molecular flexibility index (Phi) is 4.94. The highest BCUT2D eigenvalue weighted by Crippen LogP contribution is 2.24.